The number of para-hydroxylation sites is 1. The highest BCUT2D eigenvalue weighted by Crippen LogP contribution is 2.35. The molecule has 1 aromatic carbocycles. The molecule has 2 aliphatic heterocycles. The average molecular weight is 559 g/mol. The second-order valence-corrected chi connectivity index (χ2v) is 8.80. The van der Waals surface area contributed by atoms with Crippen molar-refractivity contribution in [1.82, 2.24) is 15.5 Å². The van der Waals surface area contributed by atoms with Crippen LogP contribution < -0.4 is 20.1 Å². The Balaban J connectivity index is 0.00000289. The summed E-state index contributed by atoms with van der Waals surface area (Å²) in [5.41, 5.74) is 1.05. The molecule has 0 spiro atoms. The minimum Gasteiger partial charge on any atom is -0.493 e. The van der Waals surface area contributed by atoms with Crippen LogP contribution in [0.15, 0.2) is 23.2 Å². The van der Waals surface area contributed by atoms with Gasteiger partial charge in [0.2, 0.25) is 0 Å². The summed E-state index contributed by atoms with van der Waals surface area (Å²) in [6, 6.07) is 6.68. The molecule has 1 aliphatic carbocycles. The zero-order chi connectivity index (χ0) is 21.5. The number of rotatable bonds is 8. The number of nitrogens with zero attached hydrogens (tertiary/aromatic N) is 2. The molecular formula is C24H39IN4O3. The molecule has 1 aromatic rings. The lowest BCUT2D eigenvalue weighted by molar-refractivity contribution is -0.0453. The highest BCUT2D eigenvalue weighted by molar-refractivity contribution is 14.0. The van der Waals surface area contributed by atoms with Crippen molar-refractivity contribution in [3.05, 3.63) is 23.8 Å². The summed E-state index contributed by atoms with van der Waals surface area (Å²) in [5.74, 6) is 2.44. The second-order valence-electron chi connectivity index (χ2n) is 8.80. The largest absolute Gasteiger partial charge is 0.493 e. The minimum absolute atomic E-state index is 0. The molecule has 1 saturated carbocycles. The number of morpholine rings is 1. The summed E-state index contributed by atoms with van der Waals surface area (Å²) in [7, 11) is 1.70. The van der Waals surface area contributed by atoms with Crippen molar-refractivity contribution in [2.24, 2.45) is 4.99 Å². The lowest BCUT2D eigenvalue weighted by Crippen LogP contribution is -2.51. The molecule has 0 bridgehead atoms. The molecule has 0 aromatic heterocycles. The number of hydrogen-bond donors (Lipinski definition) is 2. The summed E-state index contributed by atoms with van der Waals surface area (Å²) in [4.78, 5) is 7.41. The summed E-state index contributed by atoms with van der Waals surface area (Å²) >= 11 is 0. The van der Waals surface area contributed by atoms with Crippen molar-refractivity contribution in [2.75, 3.05) is 39.9 Å². The molecule has 2 atom stereocenters. The Hall–Kier alpha value is -1.26. The van der Waals surface area contributed by atoms with Gasteiger partial charge in [-0.25, -0.2) is 4.99 Å². The summed E-state index contributed by atoms with van der Waals surface area (Å²) in [5, 5.41) is 6.83. The third-order valence-corrected chi connectivity index (χ3v) is 6.58. The Morgan fingerprint density at radius 3 is 2.81 bits per heavy atom. The Morgan fingerprint density at radius 2 is 2.03 bits per heavy atom. The molecule has 8 heteroatoms. The van der Waals surface area contributed by atoms with Crippen LogP contribution in [0.3, 0.4) is 0 Å². The molecule has 3 fully saturated rings. The number of halogens is 1. The van der Waals surface area contributed by atoms with Gasteiger partial charge in [-0.15, -0.1) is 24.0 Å². The van der Waals surface area contributed by atoms with Gasteiger partial charge in [-0.3, -0.25) is 4.90 Å². The fourth-order valence-corrected chi connectivity index (χ4v) is 4.88. The zero-order valence-electron chi connectivity index (χ0n) is 19.5. The summed E-state index contributed by atoms with van der Waals surface area (Å²) in [6.45, 7) is 7.27. The standard InChI is InChI=1S/C24H38N4O3.HI/c1-3-25-24(27-15-21-16-28-13-7-9-19(28)17-30-21)26-14-18-8-6-12-22(29-2)23(18)31-20-10-4-5-11-20;/h6,8,12,19-21H,3-5,7,9-11,13-17H2,1-2H3,(H2,25,26,27);1H. The van der Waals surface area contributed by atoms with Crippen LogP contribution in [0.1, 0.15) is 51.0 Å². The van der Waals surface area contributed by atoms with Gasteiger partial charge in [0.15, 0.2) is 17.5 Å². The first kappa shape index (κ1) is 25.4. The fraction of sp³-hybridized carbons (Fsp3) is 0.708. The van der Waals surface area contributed by atoms with E-state index in [9.17, 15) is 0 Å². The van der Waals surface area contributed by atoms with Gasteiger partial charge in [0.25, 0.3) is 0 Å². The Bertz CT molecular complexity index is 742. The highest BCUT2D eigenvalue weighted by Gasteiger charge is 2.32. The average Bonchev–Trinajstić information content (AvgIpc) is 3.48. The van der Waals surface area contributed by atoms with Crippen LogP contribution in [-0.2, 0) is 11.3 Å². The normalized spacial score (nSPS) is 24.0. The summed E-state index contributed by atoms with van der Waals surface area (Å²) < 4.78 is 18.0. The molecular weight excluding hydrogens is 519 g/mol. The number of nitrogens with one attached hydrogen (secondary N) is 2. The molecule has 4 rings (SSSR count). The van der Waals surface area contributed by atoms with Crippen molar-refractivity contribution < 1.29 is 14.2 Å². The Labute approximate surface area is 209 Å². The molecule has 0 radical (unpaired) electrons. The van der Waals surface area contributed by atoms with Gasteiger partial charge in [0.05, 0.1) is 32.5 Å². The summed E-state index contributed by atoms with van der Waals surface area (Å²) in [6.07, 6.45) is 7.76. The number of ether oxygens (including phenoxy) is 3. The zero-order valence-corrected chi connectivity index (χ0v) is 21.8. The number of benzene rings is 1. The third-order valence-electron chi connectivity index (χ3n) is 6.58. The smallest absolute Gasteiger partial charge is 0.191 e. The van der Waals surface area contributed by atoms with E-state index in [0.29, 0.717) is 12.6 Å². The van der Waals surface area contributed by atoms with Crippen LogP contribution in [0.4, 0.5) is 0 Å². The molecule has 180 valence electrons. The molecule has 7 nitrogen and oxygen atoms in total. The van der Waals surface area contributed by atoms with E-state index in [0.717, 1.165) is 62.1 Å². The van der Waals surface area contributed by atoms with Crippen LogP contribution in [-0.4, -0.2) is 69.0 Å². The predicted molar refractivity (Wildman–Crippen MR) is 138 cm³/mol. The minimum atomic E-state index is 0. The molecule has 3 aliphatic rings. The maximum Gasteiger partial charge on any atom is 0.191 e. The number of guanidine groups is 1. The number of fused-ring (bicyclic) bond motifs is 1. The van der Waals surface area contributed by atoms with E-state index in [1.54, 1.807) is 7.11 Å². The lowest BCUT2D eigenvalue weighted by Gasteiger charge is -2.35. The lowest BCUT2D eigenvalue weighted by atomic mass is 10.1. The second kappa shape index (κ2) is 12.8. The van der Waals surface area contributed by atoms with E-state index in [1.165, 1.54) is 32.2 Å². The molecule has 2 saturated heterocycles. The highest BCUT2D eigenvalue weighted by atomic mass is 127. The maximum absolute atomic E-state index is 6.36. The van der Waals surface area contributed by atoms with Gasteiger partial charge in [-0.05, 0) is 58.1 Å². The van der Waals surface area contributed by atoms with Crippen LogP contribution in [0.5, 0.6) is 11.5 Å². The van der Waals surface area contributed by atoms with Crippen molar-refractivity contribution in [3.63, 3.8) is 0 Å². The van der Waals surface area contributed by atoms with Gasteiger partial charge in [0.1, 0.15) is 0 Å². The van der Waals surface area contributed by atoms with E-state index in [2.05, 4.69) is 28.5 Å². The van der Waals surface area contributed by atoms with E-state index in [-0.39, 0.29) is 36.2 Å². The van der Waals surface area contributed by atoms with Crippen LogP contribution >= 0.6 is 24.0 Å². The van der Waals surface area contributed by atoms with Gasteiger partial charge in [-0.2, -0.15) is 0 Å². The Kier molecular flexibility index (Phi) is 10.2. The molecule has 2 N–H and O–H groups in total. The first-order valence-electron chi connectivity index (χ1n) is 12.0. The third kappa shape index (κ3) is 6.63. The van der Waals surface area contributed by atoms with Crippen LogP contribution in [0.2, 0.25) is 0 Å². The van der Waals surface area contributed by atoms with Crippen molar-refractivity contribution in [3.8, 4) is 11.5 Å². The predicted octanol–water partition coefficient (Wildman–Crippen LogP) is 3.55. The van der Waals surface area contributed by atoms with Crippen molar-refractivity contribution >= 4 is 29.9 Å². The van der Waals surface area contributed by atoms with Gasteiger partial charge in [-0.1, -0.05) is 12.1 Å². The molecule has 0 amide bonds. The van der Waals surface area contributed by atoms with E-state index in [1.807, 2.05) is 12.1 Å². The first-order valence-corrected chi connectivity index (χ1v) is 12.0. The van der Waals surface area contributed by atoms with Crippen LogP contribution in [0.25, 0.3) is 0 Å². The monoisotopic (exact) mass is 558 g/mol. The number of hydrogen-bond acceptors (Lipinski definition) is 5. The molecule has 32 heavy (non-hydrogen) atoms. The van der Waals surface area contributed by atoms with Gasteiger partial charge < -0.3 is 24.8 Å². The van der Waals surface area contributed by atoms with Gasteiger partial charge in [0, 0.05) is 31.2 Å². The SMILES string of the molecule is CCNC(=NCc1cccc(OC)c1OC1CCCC1)NCC1CN2CCCC2CO1.I. The quantitative estimate of drug-likeness (QED) is 0.289. The van der Waals surface area contributed by atoms with Crippen molar-refractivity contribution in [2.45, 2.75) is 70.2 Å². The topological polar surface area (TPSA) is 67.4 Å². The number of aliphatic imine (C=N–C) groups is 1. The Morgan fingerprint density at radius 1 is 1.19 bits per heavy atom. The van der Waals surface area contributed by atoms with E-state index < -0.39 is 0 Å². The van der Waals surface area contributed by atoms with Crippen LogP contribution in [0, 0.1) is 0 Å². The molecule has 2 heterocycles. The molecule has 2 unspecified atom stereocenters. The fourth-order valence-electron chi connectivity index (χ4n) is 4.88. The van der Waals surface area contributed by atoms with Crippen molar-refractivity contribution in [1.29, 1.82) is 0 Å². The maximum atomic E-state index is 6.36. The first-order chi connectivity index (χ1) is 15.3. The van der Waals surface area contributed by atoms with E-state index >= 15 is 0 Å². The van der Waals surface area contributed by atoms with Gasteiger partial charge >= 0.3 is 0 Å². The number of methoxy groups -OCH3 is 1. The van der Waals surface area contributed by atoms with E-state index in [4.69, 9.17) is 19.2 Å².